The maximum absolute atomic E-state index is 11.2. The van der Waals surface area contributed by atoms with Crippen LogP contribution in [0.15, 0.2) is 24.3 Å². The third kappa shape index (κ3) is 1.76. The summed E-state index contributed by atoms with van der Waals surface area (Å²) in [6.07, 6.45) is 10.7. The Morgan fingerprint density at radius 1 is 0.696 bits per heavy atom. The van der Waals surface area contributed by atoms with E-state index < -0.39 is 0 Å². The molecule has 23 heavy (non-hydrogen) atoms. The molecule has 8 unspecified atom stereocenters. The summed E-state index contributed by atoms with van der Waals surface area (Å²) in [6.45, 7) is 0.676. The van der Waals surface area contributed by atoms with Crippen molar-refractivity contribution < 1.29 is 23.9 Å². The highest BCUT2D eigenvalue weighted by atomic mass is 16.6. The fraction of sp³-hybridized carbons (Fsp3) is 0.611. The number of carbonyl (C=O) groups excluding carboxylic acids is 3. The molecule has 6 rings (SSSR count). The van der Waals surface area contributed by atoms with Crippen molar-refractivity contribution in [1.82, 2.24) is 0 Å². The summed E-state index contributed by atoms with van der Waals surface area (Å²) in [4.78, 5) is 33.5. The van der Waals surface area contributed by atoms with E-state index in [4.69, 9.17) is 4.74 Å². The van der Waals surface area contributed by atoms with E-state index in [1.54, 1.807) is 0 Å². The van der Waals surface area contributed by atoms with Crippen LogP contribution in [0.2, 0.25) is 0 Å². The van der Waals surface area contributed by atoms with E-state index in [-0.39, 0.29) is 47.5 Å². The lowest BCUT2D eigenvalue weighted by Crippen LogP contribution is -2.21. The molecule has 120 valence electrons. The SMILES string of the molecule is O=C1OC(=O)C2C3C=CC(C3)C12.O=C1OCC2C3C=CC(C3)C12. The van der Waals surface area contributed by atoms with Gasteiger partial charge < -0.3 is 9.47 Å². The second-order valence-electron chi connectivity index (χ2n) is 7.51. The predicted octanol–water partition coefficient (Wildman–Crippen LogP) is 1.49. The molecule has 8 atom stereocenters. The number of rotatable bonds is 0. The fourth-order valence-electron chi connectivity index (χ4n) is 5.48. The molecule has 0 radical (unpaired) electrons. The van der Waals surface area contributed by atoms with E-state index in [1.165, 1.54) is 6.42 Å². The van der Waals surface area contributed by atoms with Crippen molar-refractivity contribution >= 4 is 17.9 Å². The minimum Gasteiger partial charge on any atom is -0.465 e. The molecule has 0 aromatic rings. The van der Waals surface area contributed by atoms with Gasteiger partial charge in [0.1, 0.15) is 0 Å². The van der Waals surface area contributed by atoms with E-state index >= 15 is 0 Å². The van der Waals surface area contributed by atoms with Crippen molar-refractivity contribution in [3.63, 3.8) is 0 Å². The number of cyclic esters (lactones) is 3. The van der Waals surface area contributed by atoms with E-state index in [2.05, 4.69) is 16.9 Å². The summed E-state index contributed by atoms with van der Waals surface area (Å²) in [5, 5.41) is 0. The fourth-order valence-corrected chi connectivity index (χ4v) is 5.48. The molecule has 0 N–H and O–H groups in total. The van der Waals surface area contributed by atoms with Crippen LogP contribution in [-0.2, 0) is 23.9 Å². The van der Waals surface area contributed by atoms with Gasteiger partial charge in [-0.15, -0.1) is 0 Å². The van der Waals surface area contributed by atoms with Gasteiger partial charge in [-0.3, -0.25) is 14.4 Å². The number of allylic oxidation sites excluding steroid dienone is 4. The molecule has 4 aliphatic carbocycles. The van der Waals surface area contributed by atoms with Crippen LogP contribution in [0, 0.1) is 47.3 Å². The Kier molecular flexibility index (Phi) is 2.68. The Hall–Kier alpha value is -1.91. The van der Waals surface area contributed by atoms with E-state index in [0.717, 1.165) is 6.42 Å². The van der Waals surface area contributed by atoms with Crippen LogP contribution in [0.4, 0.5) is 0 Å². The zero-order chi connectivity index (χ0) is 15.7. The number of fused-ring (bicyclic) bond motifs is 10. The minimum atomic E-state index is -0.304. The highest BCUT2D eigenvalue weighted by molar-refractivity contribution is 5.98. The topological polar surface area (TPSA) is 69.7 Å². The summed E-state index contributed by atoms with van der Waals surface area (Å²) in [7, 11) is 0. The van der Waals surface area contributed by atoms with Gasteiger partial charge in [-0.05, 0) is 36.5 Å². The van der Waals surface area contributed by atoms with Crippen LogP contribution in [0.1, 0.15) is 12.8 Å². The second kappa shape index (κ2) is 4.56. The molecule has 5 heteroatoms. The smallest absolute Gasteiger partial charge is 0.318 e. The molecule has 0 spiro atoms. The van der Waals surface area contributed by atoms with Gasteiger partial charge in [-0.25, -0.2) is 0 Å². The number of hydrogen-bond acceptors (Lipinski definition) is 5. The summed E-state index contributed by atoms with van der Waals surface area (Å²) in [6, 6.07) is 0. The van der Waals surface area contributed by atoms with Crippen molar-refractivity contribution in [2.75, 3.05) is 6.61 Å². The van der Waals surface area contributed by atoms with Crippen LogP contribution < -0.4 is 0 Å². The quantitative estimate of drug-likeness (QED) is 0.385. The van der Waals surface area contributed by atoms with Gasteiger partial charge in [0.05, 0.1) is 24.4 Å². The first-order chi connectivity index (χ1) is 11.1. The number of carbonyl (C=O) groups is 3. The molecule has 2 saturated heterocycles. The molecular formula is C18H18O5. The molecule has 4 bridgehead atoms. The second-order valence-corrected chi connectivity index (χ2v) is 7.51. The van der Waals surface area contributed by atoms with Gasteiger partial charge in [0.25, 0.3) is 0 Å². The van der Waals surface area contributed by atoms with Crippen molar-refractivity contribution in [2.45, 2.75) is 12.8 Å². The molecule has 2 heterocycles. The van der Waals surface area contributed by atoms with Crippen molar-refractivity contribution in [3.05, 3.63) is 24.3 Å². The van der Waals surface area contributed by atoms with Crippen LogP contribution in [0.3, 0.4) is 0 Å². The molecule has 2 aliphatic heterocycles. The maximum Gasteiger partial charge on any atom is 0.318 e. The Bertz CT molecular complexity index is 634. The summed E-state index contributed by atoms with van der Waals surface area (Å²) in [5.74, 6) is 1.62. The molecule has 5 nitrogen and oxygen atoms in total. The summed E-state index contributed by atoms with van der Waals surface area (Å²) < 4.78 is 9.61. The third-order valence-electron chi connectivity index (χ3n) is 6.52. The van der Waals surface area contributed by atoms with Gasteiger partial charge >= 0.3 is 17.9 Å². The monoisotopic (exact) mass is 314 g/mol. The first kappa shape index (κ1) is 13.5. The molecule has 6 aliphatic rings. The average molecular weight is 314 g/mol. The normalized spacial score (nSPS) is 49.8. The van der Waals surface area contributed by atoms with Gasteiger partial charge in [-0.1, -0.05) is 24.3 Å². The Balaban J connectivity index is 0.000000106. The Morgan fingerprint density at radius 2 is 1.22 bits per heavy atom. The summed E-state index contributed by atoms with van der Waals surface area (Å²) >= 11 is 0. The van der Waals surface area contributed by atoms with Crippen LogP contribution >= 0.6 is 0 Å². The van der Waals surface area contributed by atoms with Crippen LogP contribution in [0.25, 0.3) is 0 Å². The lowest BCUT2D eigenvalue weighted by molar-refractivity contribution is -0.154. The maximum atomic E-state index is 11.2. The number of hydrogen-bond donors (Lipinski definition) is 0. The summed E-state index contributed by atoms with van der Waals surface area (Å²) in [5.41, 5.74) is 0. The van der Waals surface area contributed by atoms with Crippen LogP contribution in [-0.4, -0.2) is 24.5 Å². The molecular weight excluding hydrogens is 296 g/mol. The molecule has 0 aromatic heterocycles. The highest BCUT2D eigenvalue weighted by Gasteiger charge is 2.58. The molecule has 0 amide bonds. The zero-order valence-electron chi connectivity index (χ0n) is 12.6. The van der Waals surface area contributed by atoms with E-state index in [0.29, 0.717) is 24.4 Å². The van der Waals surface area contributed by atoms with E-state index in [9.17, 15) is 14.4 Å². The predicted molar refractivity (Wildman–Crippen MR) is 77.5 cm³/mol. The first-order valence-electron chi connectivity index (χ1n) is 8.42. The highest BCUT2D eigenvalue weighted by Crippen LogP contribution is 2.52. The Morgan fingerprint density at radius 3 is 1.83 bits per heavy atom. The zero-order valence-corrected chi connectivity index (χ0v) is 12.6. The van der Waals surface area contributed by atoms with E-state index in [1.807, 2.05) is 12.2 Å². The molecule has 2 saturated carbocycles. The average Bonchev–Trinajstić information content (AvgIpc) is 3.31. The van der Waals surface area contributed by atoms with Crippen molar-refractivity contribution in [1.29, 1.82) is 0 Å². The molecule has 0 aromatic carbocycles. The molecule has 4 fully saturated rings. The van der Waals surface area contributed by atoms with Gasteiger partial charge in [0.2, 0.25) is 0 Å². The van der Waals surface area contributed by atoms with Gasteiger partial charge in [0, 0.05) is 5.92 Å². The standard InChI is InChI=1S/C9H8O3.C9H10O2/c10-8-6-4-1-2-5(3-4)7(6)9(11)12-8;10-9-8-6-2-1-5(3-6)7(8)4-11-9/h1-2,4-7H,3H2;1-2,5-8H,3-4H2. The number of ether oxygens (including phenoxy) is 2. The van der Waals surface area contributed by atoms with Crippen LogP contribution in [0.5, 0.6) is 0 Å². The van der Waals surface area contributed by atoms with Crippen molar-refractivity contribution in [2.24, 2.45) is 47.3 Å². The first-order valence-corrected chi connectivity index (χ1v) is 8.42. The van der Waals surface area contributed by atoms with Gasteiger partial charge in [-0.2, -0.15) is 0 Å². The third-order valence-corrected chi connectivity index (χ3v) is 6.52. The minimum absolute atomic E-state index is 0.0480. The lowest BCUT2D eigenvalue weighted by atomic mass is 9.85. The number of esters is 3. The Labute approximate surface area is 133 Å². The van der Waals surface area contributed by atoms with Crippen molar-refractivity contribution in [3.8, 4) is 0 Å². The van der Waals surface area contributed by atoms with Gasteiger partial charge in [0.15, 0.2) is 0 Å². The largest absolute Gasteiger partial charge is 0.465 e. The lowest BCUT2D eigenvalue weighted by Gasteiger charge is -2.14.